The molecule has 2 N–H and O–H groups in total. The highest BCUT2D eigenvalue weighted by Gasteiger charge is 2.23. The summed E-state index contributed by atoms with van der Waals surface area (Å²) in [4.78, 5) is 43.0. The standard InChI is InChI=1S/C47H89O8P/c1-3-5-7-9-11-13-15-17-19-21-22-23-24-26-28-30-32-34-36-38-40-42-47(49)55-45(44-54-56(50,51)52)43-53-46(48)41-39-37-35-33-31-29-27-25-20-18-16-14-12-10-8-6-4-2/h17-20,45H,3-16,21-44H2,1-2H3,(H2,50,51,52)/b19-17-,20-18-/t45-/m1/s1. The molecule has 0 aromatic carbocycles. The van der Waals surface area contributed by atoms with Crippen LogP contribution in [0.2, 0.25) is 0 Å². The Morgan fingerprint density at radius 1 is 0.446 bits per heavy atom. The second kappa shape index (κ2) is 43.1. The van der Waals surface area contributed by atoms with Gasteiger partial charge < -0.3 is 19.3 Å². The average molecular weight is 813 g/mol. The highest BCUT2D eigenvalue weighted by Crippen LogP contribution is 2.36. The Labute approximate surface area is 345 Å². The van der Waals surface area contributed by atoms with Gasteiger partial charge in [-0.1, -0.05) is 192 Å². The van der Waals surface area contributed by atoms with E-state index >= 15 is 0 Å². The molecule has 0 rings (SSSR count). The summed E-state index contributed by atoms with van der Waals surface area (Å²) in [7, 11) is -4.76. The zero-order valence-corrected chi connectivity index (χ0v) is 37.4. The SMILES string of the molecule is CCCCCCCC/C=C\CCCCCCCCCCCCCC(=O)O[C@H](COC(=O)CCCCCCCCC/C=C\CCCCCCCC)COP(=O)(O)O. The molecule has 0 amide bonds. The zero-order valence-electron chi connectivity index (χ0n) is 36.5. The summed E-state index contributed by atoms with van der Waals surface area (Å²) >= 11 is 0. The van der Waals surface area contributed by atoms with Gasteiger partial charge in [0.05, 0.1) is 6.61 Å². The zero-order chi connectivity index (χ0) is 41.1. The van der Waals surface area contributed by atoms with Crippen molar-refractivity contribution in [2.24, 2.45) is 0 Å². The summed E-state index contributed by atoms with van der Waals surface area (Å²) in [5, 5.41) is 0. The number of phosphoric ester groups is 1. The van der Waals surface area contributed by atoms with Gasteiger partial charge >= 0.3 is 19.8 Å². The first kappa shape index (κ1) is 54.5. The van der Waals surface area contributed by atoms with Crippen molar-refractivity contribution in [3.05, 3.63) is 24.3 Å². The Morgan fingerprint density at radius 3 is 1.09 bits per heavy atom. The summed E-state index contributed by atoms with van der Waals surface area (Å²) in [6, 6.07) is 0. The van der Waals surface area contributed by atoms with E-state index in [1.165, 1.54) is 161 Å². The Balaban J connectivity index is 3.84. The van der Waals surface area contributed by atoms with Gasteiger partial charge in [-0.3, -0.25) is 14.1 Å². The largest absolute Gasteiger partial charge is 0.469 e. The van der Waals surface area contributed by atoms with Crippen LogP contribution in [0.1, 0.15) is 245 Å². The third-order valence-corrected chi connectivity index (χ3v) is 10.9. The van der Waals surface area contributed by atoms with Crippen LogP contribution in [0.5, 0.6) is 0 Å². The first-order chi connectivity index (χ1) is 27.3. The number of unbranched alkanes of at least 4 members (excludes halogenated alkanes) is 30. The maximum atomic E-state index is 12.5. The van der Waals surface area contributed by atoms with Crippen molar-refractivity contribution in [3.8, 4) is 0 Å². The number of hydrogen-bond donors (Lipinski definition) is 2. The van der Waals surface area contributed by atoms with Crippen molar-refractivity contribution in [1.29, 1.82) is 0 Å². The summed E-state index contributed by atoms with van der Waals surface area (Å²) in [5.74, 6) is -0.880. The molecule has 0 saturated heterocycles. The van der Waals surface area contributed by atoms with Crippen LogP contribution in [-0.2, 0) is 28.2 Å². The van der Waals surface area contributed by atoms with Crippen LogP contribution < -0.4 is 0 Å². The summed E-state index contributed by atoms with van der Waals surface area (Å²) < 4.78 is 26.5. The molecule has 0 saturated carbocycles. The lowest BCUT2D eigenvalue weighted by Crippen LogP contribution is -2.29. The number of rotatable bonds is 44. The third-order valence-electron chi connectivity index (χ3n) is 10.4. The van der Waals surface area contributed by atoms with Crippen LogP contribution in [0, 0.1) is 0 Å². The van der Waals surface area contributed by atoms with Crippen molar-refractivity contribution < 1.29 is 37.9 Å². The van der Waals surface area contributed by atoms with Crippen LogP contribution in [-0.4, -0.2) is 41.0 Å². The molecule has 0 unspecified atom stereocenters. The molecule has 0 aliphatic rings. The molecule has 56 heavy (non-hydrogen) atoms. The van der Waals surface area contributed by atoms with E-state index in [0.29, 0.717) is 6.42 Å². The third kappa shape index (κ3) is 45.2. The van der Waals surface area contributed by atoms with Gasteiger partial charge in [0.15, 0.2) is 6.10 Å². The number of carbonyl (C=O) groups excluding carboxylic acids is 2. The van der Waals surface area contributed by atoms with Gasteiger partial charge in [-0.15, -0.1) is 0 Å². The lowest BCUT2D eigenvalue weighted by Gasteiger charge is -2.18. The fourth-order valence-corrected chi connectivity index (χ4v) is 7.25. The number of hydrogen-bond acceptors (Lipinski definition) is 6. The molecule has 0 heterocycles. The number of phosphoric acid groups is 1. The van der Waals surface area contributed by atoms with E-state index in [2.05, 4.69) is 42.7 Å². The Kier molecular flexibility index (Phi) is 42.0. The van der Waals surface area contributed by atoms with Gasteiger partial charge in [0, 0.05) is 12.8 Å². The highest BCUT2D eigenvalue weighted by molar-refractivity contribution is 7.46. The van der Waals surface area contributed by atoms with E-state index in [1.54, 1.807) is 0 Å². The molecule has 0 fully saturated rings. The van der Waals surface area contributed by atoms with Gasteiger partial charge in [0.1, 0.15) is 6.61 Å². The lowest BCUT2D eigenvalue weighted by atomic mass is 10.0. The Hall–Kier alpha value is -1.47. The Morgan fingerprint density at radius 2 is 0.750 bits per heavy atom. The second-order valence-electron chi connectivity index (χ2n) is 16.1. The minimum absolute atomic E-state index is 0.213. The minimum atomic E-state index is -4.76. The molecule has 0 spiro atoms. The molecule has 0 aliphatic carbocycles. The van der Waals surface area contributed by atoms with E-state index in [9.17, 15) is 14.2 Å². The normalized spacial score (nSPS) is 12.6. The van der Waals surface area contributed by atoms with E-state index in [4.69, 9.17) is 19.3 Å². The van der Waals surface area contributed by atoms with Crippen molar-refractivity contribution >= 4 is 19.8 Å². The molecular weight excluding hydrogens is 723 g/mol. The van der Waals surface area contributed by atoms with Crippen LogP contribution in [0.25, 0.3) is 0 Å². The smallest absolute Gasteiger partial charge is 0.462 e. The predicted molar refractivity (Wildman–Crippen MR) is 235 cm³/mol. The topological polar surface area (TPSA) is 119 Å². The van der Waals surface area contributed by atoms with Crippen molar-refractivity contribution in [2.45, 2.75) is 251 Å². The van der Waals surface area contributed by atoms with Crippen LogP contribution in [0.4, 0.5) is 0 Å². The number of carbonyl (C=O) groups is 2. The van der Waals surface area contributed by atoms with E-state index in [0.717, 1.165) is 51.4 Å². The number of ether oxygens (including phenoxy) is 2. The molecule has 330 valence electrons. The molecule has 0 radical (unpaired) electrons. The fourth-order valence-electron chi connectivity index (χ4n) is 6.89. The number of esters is 2. The van der Waals surface area contributed by atoms with Crippen LogP contribution >= 0.6 is 7.82 Å². The molecular formula is C47H89O8P. The van der Waals surface area contributed by atoms with Gasteiger partial charge in [-0.25, -0.2) is 4.57 Å². The second-order valence-corrected chi connectivity index (χ2v) is 17.3. The monoisotopic (exact) mass is 813 g/mol. The van der Waals surface area contributed by atoms with E-state index < -0.39 is 32.5 Å². The Bertz CT molecular complexity index is 962. The quantitative estimate of drug-likeness (QED) is 0.0270. The molecule has 9 heteroatoms. The first-order valence-electron chi connectivity index (χ1n) is 23.6. The van der Waals surface area contributed by atoms with Gasteiger partial charge in [0.25, 0.3) is 0 Å². The molecule has 0 aromatic rings. The van der Waals surface area contributed by atoms with Crippen LogP contribution in [0.15, 0.2) is 24.3 Å². The molecule has 1 atom stereocenters. The highest BCUT2D eigenvalue weighted by atomic mass is 31.2. The first-order valence-corrected chi connectivity index (χ1v) is 25.2. The molecule has 0 aromatic heterocycles. The molecule has 8 nitrogen and oxygen atoms in total. The van der Waals surface area contributed by atoms with Crippen molar-refractivity contribution in [1.82, 2.24) is 0 Å². The van der Waals surface area contributed by atoms with Gasteiger partial charge in [-0.2, -0.15) is 0 Å². The summed E-state index contributed by atoms with van der Waals surface area (Å²) in [6.45, 7) is 3.71. The fraction of sp³-hybridized carbons (Fsp3) is 0.872. The summed E-state index contributed by atoms with van der Waals surface area (Å²) in [5.41, 5.74) is 0. The van der Waals surface area contributed by atoms with E-state index in [1.807, 2.05) is 0 Å². The number of allylic oxidation sites excluding steroid dienone is 4. The maximum Gasteiger partial charge on any atom is 0.469 e. The molecule has 0 bridgehead atoms. The van der Waals surface area contributed by atoms with Crippen molar-refractivity contribution in [2.75, 3.05) is 13.2 Å². The maximum absolute atomic E-state index is 12.5. The summed E-state index contributed by atoms with van der Waals surface area (Å²) in [6.07, 6.45) is 50.4. The van der Waals surface area contributed by atoms with Gasteiger partial charge in [-0.05, 0) is 64.2 Å². The van der Waals surface area contributed by atoms with E-state index in [-0.39, 0.29) is 19.4 Å². The lowest BCUT2D eigenvalue weighted by molar-refractivity contribution is -0.161. The average Bonchev–Trinajstić information content (AvgIpc) is 3.17. The van der Waals surface area contributed by atoms with Crippen molar-refractivity contribution in [3.63, 3.8) is 0 Å². The van der Waals surface area contributed by atoms with Crippen LogP contribution in [0.3, 0.4) is 0 Å². The minimum Gasteiger partial charge on any atom is -0.462 e. The van der Waals surface area contributed by atoms with Gasteiger partial charge in [0.2, 0.25) is 0 Å². The predicted octanol–water partition coefficient (Wildman–Crippen LogP) is 14.7. The molecule has 0 aliphatic heterocycles.